The fourth-order valence-electron chi connectivity index (χ4n) is 2.58. The summed E-state index contributed by atoms with van der Waals surface area (Å²) in [6.45, 7) is 1.27. The van der Waals surface area contributed by atoms with Gasteiger partial charge in [-0.05, 0) is 37.2 Å². The molecular formula is C18H19N3O. The Morgan fingerprint density at radius 2 is 1.95 bits per heavy atom. The van der Waals surface area contributed by atoms with Gasteiger partial charge < -0.3 is 4.98 Å². The Morgan fingerprint density at radius 1 is 1.18 bits per heavy atom. The van der Waals surface area contributed by atoms with E-state index in [1.165, 1.54) is 5.56 Å². The maximum absolute atomic E-state index is 12.5. The number of ketones is 1. The van der Waals surface area contributed by atoms with Crippen LogP contribution in [0.2, 0.25) is 0 Å². The van der Waals surface area contributed by atoms with Crippen LogP contribution in [0.15, 0.2) is 55.0 Å². The SMILES string of the molecule is CN(CCc1ccncc1)CC(=O)c1c[nH]c2ccccc12. The number of pyridine rings is 1. The van der Waals surface area contributed by atoms with Crippen molar-refractivity contribution >= 4 is 16.7 Å². The van der Waals surface area contributed by atoms with Gasteiger partial charge in [-0.1, -0.05) is 18.2 Å². The molecule has 0 amide bonds. The Kier molecular flexibility index (Phi) is 4.30. The summed E-state index contributed by atoms with van der Waals surface area (Å²) in [5.41, 5.74) is 3.01. The molecule has 112 valence electrons. The quantitative estimate of drug-likeness (QED) is 0.711. The van der Waals surface area contributed by atoms with Crippen molar-refractivity contribution in [1.82, 2.24) is 14.9 Å². The van der Waals surface area contributed by atoms with Crippen molar-refractivity contribution in [1.29, 1.82) is 0 Å². The lowest BCUT2D eigenvalue weighted by molar-refractivity contribution is 0.0948. The van der Waals surface area contributed by atoms with Crippen molar-refractivity contribution in [2.45, 2.75) is 6.42 Å². The lowest BCUT2D eigenvalue weighted by atomic mass is 10.1. The molecule has 4 nitrogen and oxygen atoms in total. The third-order valence-corrected chi connectivity index (χ3v) is 3.83. The smallest absolute Gasteiger partial charge is 0.178 e. The Bertz CT molecular complexity index is 764. The number of hydrogen-bond acceptors (Lipinski definition) is 3. The molecule has 0 fully saturated rings. The molecule has 0 radical (unpaired) electrons. The van der Waals surface area contributed by atoms with Gasteiger partial charge in [0.25, 0.3) is 0 Å². The molecule has 0 saturated heterocycles. The Hall–Kier alpha value is -2.46. The highest BCUT2D eigenvalue weighted by Crippen LogP contribution is 2.18. The molecule has 3 aromatic rings. The molecule has 3 rings (SSSR count). The van der Waals surface area contributed by atoms with Crippen molar-refractivity contribution in [3.05, 3.63) is 66.1 Å². The number of nitrogens with zero attached hydrogens (tertiary/aromatic N) is 2. The number of aromatic amines is 1. The van der Waals surface area contributed by atoms with Crippen LogP contribution < -0.4 is 0 Å². The van der Waals surface area contributed by atoms with E-state index in [2.05, 4.69) is 14.9 Å². The summed E-state index contributed by atoms with van der Waals surface area (Å²) in [5, 5.41) is 0.995. The standard InChI is InChI=1S/C18H19N3O/c1-21(11-8-14-6-9-19-10-7-14)13-18(22)16-12-20-17-5-3-2-4-15(16)17/h2-7,9-10,12,20H,8,11,13H2,1H3. The summed E-state index contributed by atoms with van der Waals surface area (Å²) in [7, 11) is 1.98. The number of nitrogens with one attached hydrogen (secondary N) is 1. The van der Waals surface area contributed by atoms with Gasteiger partial charge in [-0.25, -0.2) is 0 Å². The minimum Gasteiger partial charge on any atom is -0.360 e. The maximum Gasteiger partial charge on any atom is 0.178 e. The summed E-state index contributed by atoms with van der Waals surface area (Å²) in [6.07, 6.45) is 6.32. The van der Waals surface area contributed by atoms with E-state index in [1.54, 1.807) is 12.4 Å². The van der Waals surface area contributed by atoms with E-state index in [1.807, 2.05) is 49.6 Å². The zero-order valence-electron chi connectivity index (χ0n) is 12.6. The zero-order valence-corrected chi connectivity index (χ0v) is 12.6. The van der Waals surface area contributed by atoms with Crippen molar-refractivity contribution < 1.29 is 4.79 Å². The highest BCUT2D eigenvalue weighted by molar-refractivity contribution is 6.08. The van der Waals surface area contributed by atoms with Crippen LogP contribution in [-0.2, 0) is 6.42 Å². The number of H-pyrrole nitrogens is 1. The fraction of sp³-hybridized carbons (Fsp3) is 0.222. The summed E-state index contributed by atoms with van der Waals surface area (Å²) < 4.78 is 0. The van der Waals surface area contributed by atoms with Crippen molar-refractivity contribution in [3.63, 3.8) is 0 Å². The second kappa shape index (κ2) is 6.54. The van der Waals surface area contributed by atoms with E-state index in [9.17, 15) is 4.79 Å². The molecular weight excluding hydrogens is 274 g/mol. The van der Waals surface area contributed by atoms with E-state index >= 15 is 0 Å². The Balaban J connectivity index is 1.61. The number of para-hydroxylation sites is 1. The van der Waals surface area contributed by atoms with Gasteiger partial charge in [0.05, 0.1) is 6.54 Å². The second-order valence-corrected chi connectivity index (χ2v) is 5.51. The lowest BCUT2D eigenvalue weighted by Gasteiger charge is -2.15. The predicted molar refractivity (Wildman–Crippen MR) is 88.1 cm³/mol. The van der Waals surface area contributed by atoms with Gasteiger partial charge in [-0.3, -0.25) is 14.7 Å². The number of Topliss-reactive ketones (excluding diaryl/α,β-unsaturated/α-hetero) is 1. The van der Waals surface area contributed by atoms with Crippen molar-refractivity contribution in [2.24, 2.45) is 0 Å². The van der Waals surface area contributed by atoms with Gasteiger partial charge in [-0.15, -0.1) is 0 Å². The first kappa shape index (κ1) is 14.5. The largest absolute Gasteiger partial charge is 0.360 e. The minimum absolute atomic E-state index is 0.148. The normalized spacial score (nSPS) is 11.2. The molecule has 0 aliphatic heterocycles. The van der Waals surface area contributed by atoms with Gasteiger partial charge in [0.2, 0.25) is 0 Å². The predicted octanol–water partition coefficient (Wildman–Crippen LogP) is 2.92. The van der Waals surface area contributed by atoms with E-state index < -0.39 is 0 Å². The number of hydrogen-bond donors (Lipinski definition) is 1. The Labute approximate surface area is 129 Å². The number of carbonyl (C=O) groups is 1. The number of rotatable bonds is 6. The maximum atomic E-state index is 12.5. The average molecular weight is 293 g/mol. The second-order valence-electron chi connectivity index (χ2n) is 5.51. The summed E-state index contributed by atoms with van der Waals surface area (Å²) in [4.78, 5) is 21.7. The summed E-state index contributed by atoms with van der Waals surface area (Å²) >= 11 is 0. The lowest BCUT2D eigenvalue weighted by Crippen LogP contribution is -2.28. The molecule has 0 aliphatic carbocycles. The highest BCUT2D eigenvalue weighted by atomic mass is 16.1. The number of carbonyl (C=O) groups excluding carboxylic acids is 1. The van der Waals surface area contributed by atoms with E-state index in [4.69, 9.17) is 0 Å². The molecule has 0 aliphatic rings. The number of aromatic nitrogens is 2. The highest BCUT2D eigenvalue weighted by Gasteiger charge is 2.13. The van der Waals surface area contributed by atoms with Gasteiger partial charge in [0, 0.05) is 41.6 Å². The van der Waals surface area contributed by atoms with Crippen LogP contribution in [0, 0.1) is 0 Å². The van der Waals surface area contributed by atoms with Crippen LogP contribution in [0.5, 0.6) is 0 Å². The van der Waals surface area contributed by atoms with Gasteiger partial charge >= 0.3 is 0 Å². The van der Waals surface area contributed by atoms with Crippen LogP contribution in [0.4, 0.5) is 0 Å². The third-order valence-electron chi connectivity index (χ3n) is 3.83. The monoisotopic (exact) mass is 293 g/mol. The van der Waals surface area contributed by atoms with Gasteiger partial charge in [0.1, 0.15) is 0 Å². The first-order chi connectivity index (χ1) is 10.7. The molecule has 0 atom stereocenters. The van der Waals surface area contributed by atoms with Crippen LogP contribution in [0.3, 0.4) is 0 Å². The molecule has 2 aromatic heterocycles. The zero-order chi connectivity index (χ0) is 15.4. The average Bonchev–Trinajstić information content (AvgIpc) is 2.98. The Morgan fingerprint density at radius 3 is 2.77 bits per heavy atom. The molecule has 22 heavy (non-hydrogen) atoms. The van der Waals surface area contributed by atoms with Gasteiger partial charge in [0.15, 0.2) is 5.78 Å². The minimum atomic E-state index is 0.148. The van der Waals surface area contributed by atoms with Crippen molar-refractivity contribution in [3.8, 4) is 0 Å². The van der Waals surface area contributed by atoms with E-state index in [0.717, 1.165) is 29.4 Å². The van der Waals surface area contributed by atoms with Crippen LogP contribution >= 0.6 is 0 Å². The molecule has 4 heteroatoms. The molecule has 0 bridgehead atoms. The fourth-order valence-corrected chi connectivity index (χ4v) is 2.58. The molecule has 0 spiro atoms. The third kappa shape index (κ3) is 3.23. The van der Waals surface area contributed by atoms with Gasteiger partial charge in [-0.2, -0.15) is 0 Å². The number of likely N-dealkylation sites (N-methyl/N-ethyl adjacent to an activating group) is 1. The molecule has 2 heterocycles. The molecule has 0 unspecified atom stereocenters. The first-order valence-electron chi connectivity index (χ1n) is 7.41. The topological polar surface area (TPSA) is 49.0 Å². The number of benzene rings is 1. The van der Waals surface area contributed by atoms with E-state index in [0.29, 0.717) is 6.54 Å². The molecule has 0 saturated carbocycles. The van der Waals surface area contributed by atoms with Crippen LogP contribution in [0.25, 0.3) is 10.9 Å². The summed E-state index contributed by atoms with van der Waals surface area (Å²) in [6, 6.07) is 11.9. The van der Waals surface area contributed by atoms with E-state index in [-0.39, 0.29) is 5.78 Å². The molecule has 1 N–H and O–H groups in total. The van der Waals surface area contributed by atoms with Crippen LogP contribution in [-0.4, -0.2) is 40.8 Å². The van der Waals surface area contributed by atoms with Crippen LogP contribution in [0.1, 0.15) is 15.9 Å². The van der Waals surface area contributed by atoms with Crippen molar-refractivity contribution in [2.75, 3.05) is 20.1 Å². The molecule has 1 aromatic carbocycles. The first-order valence-corrected chi connectivity index (χ1v) is 7.41. The number of fused-ring (bicyclic) bond motifs is 1. The summed E-state index contributed by atoms with van der Waals surface area (Å²) in [5.74, 6) is 0.148.